The Morgan fingerprint density at radius 3 is 0.931 bits per heavy atom. The number of aliphatic hydroxyl groups is 2. The fraction of sp³-hybridized carbons (Fsp3) is 1.00. The van der Waals surface area contributed by atoms with Crippen LogP contribution in [-0.2, 0) is 95.7 Å². The predicted molar refractivity (Wildman–Crippen MR) is 277 cm³/mol. The zero-order valence-electron chi connectivity index (χ0n) is 44.5. The third-order valence-corrected chi connectivity index (χ3v) is 20.5. The molecule has 0 spiro atoms. The van der Waals surface area contributed by atoms with Crippen molar-refractivity contribution in [2.75, 3.05) is 150 Å². The summed E-state index contributed by atoms with van der Waals surface area (Å²) in [5, 5.41) is 18.5. The van der Waals surface area contributed by atoms with Crippen LogP contribution in [0.5, 0.6) is 0 Å². The molecule has 0 aliphatic heterocycles. The summed E-state index contributed by atoms with van der Waals surface area (Å²) in [6.07, 6.45) is 6.34. The maximum atomic E-state index is 14.1. The van der Waals surface area contributed by atoms with E-state index in [0.717, 1.165) is 38.5 Å². The molecule has 0 heterocycles. The monoisotopic (exact) mass is 1160 g/mol. The molecule has 0 rings (SSSR count). The lowest BCUT2D eigenvalue weighted by atomic mass is 10.4. The van der Waals surface area contributed by atoms with Crippen molar-refractivity contribution in [2.45, 2.75) is 132 Å². The number of phosphoric acid groups is 1. The second-order valence-corrected chi connectivity index (χ2v) is 28.9. The third kappa shape index (κ3) is 38.3. The van der Waals surface area contributed by atoms with Gasteiger partial charge in [-0.1, -0.05) is 80.1 Å². The van der Waals surface area contributed by atoms with Crippen molar-refractivity contribution < 1.29 is 106 Å². The van der Waals surface area contributed by atoms with E-state index in [1.54, 1.807) is 6.92 Å². The van der Waals surface area contributed by atoms with Crippen molar-refractivity contribution >= 4 is 45.8 Å². The second-order valence-electron chi connectivity index (χ2n) is 16.3. The molecule has 0 aromatic carbocycles. The maximum absolute atomic E-state index is 14.1. The summed E-state index contributed by atoms with van der Waals surface area (Å²) in [5.74, 6) is 0. The molecule has 23 nitrogen and oxygen atoms in total. The Bertz CT molecular complexity index is 1600. The van der Waals surface area contributed by atoms with Gasteiger partial charge in [-0.15, -0.1) is 0 Å². The average molecular weight is 1170 g/mol. The van der Waals surface area contributed by atoms with Gasteiger partial charge in [0.2, 0.25) is 0 Å². The van der Waals surface area contributed by atoms with Crippen LogP contribution in [0.3, 0.4) is 0 Å². The number of aliphatic hydroxyl groups excluding tert-OH is 2. The molecule has 29 heteroatoms. The van der Waals surface area contributed by atoms with E-state index in [4.69, 9.17) is 73.4 Å². The van der Waals surface area contributed by atoms with Crippen LogP contribution in [0.1, 0.15) is 126 Å². The maximum Gasteiger partial charge on any atom is 0.474 e. The van der Waals surface area contributed by atoms with Gasteiger partial charge in [0, 0.05) is 0 Å². The fourth-order valence-electron chi connectivity index (χ4n) is 5.38. The molecule has 0 bridgehead atoms. The minimum absolute atomic E-state index is 0.0319. The van der Waals surface area contributed by atoms with Gasteiger partial charge in [0.15, 0.2) is 0 Å². The first-order valence-electron chi connectivity index (χ1n) is 25.8. The fourth-order valence-corrected chi connectivity index (χ4v) is 14.2. The summed E-state index contributed by atoms with van der Waals surface area (Å²) in [6, 6.07) is 0. The highest BCUT2D eigenvalue weighted by Gasteiger charge is 2.34. The Kier molecular flexibility index (Phi) is 45.0. The number of phosphoric ester groups is 1. The molecule has 434 valence electrons. The first-order valence-corrected chi connectivity index (χ1v) is 35.9. The van der Waals surface area contributed by atoms with Crippen molar-refractivity contribution in [3.63, 3.8) is 0 Å². The number of rotatable bonds is 56. The van der Waals surface area contributed by atoms with Gasteiger partial charge in [0.05, 0.1) is 156 Å². The van der Waals surface area contributed by atoms with Crippen molar-refractivity contribution in [1.82, 2.24) is 0 Å². The second kappa shape index (κ2) is 44.5. The topological polar surface area (TPSA) is 281 Å². The minimum Gasteiger partial charge on any atom is -0.396 e. The molecule has 7 atom stereocenters. The molecular weight excluding hydrogens is 1070 g/mol. The molecule has 72 heavy (non-hydrogen) atoms. The molecule has 0 aliphatic rings. The molecule has 0 saturated carbocycles. The van der Waals surface area contributed by atoms with Gasteiger partial charge < -0.3 is 64.9 Å². The lowest BCUT2D eigenvalue weighted by molar-refractivity contribution is -0.0260. The lowest BCUT2D eigenvalue weighted by Gasteiger charge is -2.24. The van der Waals surface area contributed by atoms with Gasteiger partial charge in [0.25, 0.3) is 0 Å². The predicted octanol–water partition coefficient (Wildman–Crippen LogP) is 11.5. The van der Waals surface area contributed by atoms with Gasteiger partial charge >= 0.3 is 45.8 Å². The van der Waals surface area contributed by atoms with Gasteiger partial charge in [-0.05, 0) is 45.4 Å². The molecule has 0 aromatic rings. The van der Waals surface area contributed by atoms with Crippen molar-refractivity contribution in [2.24, 2.45) is 0 Å². The van der Waals surface area contributed by atoms with Crippen molar-refractivity contribution in [1.29, 1.82) is 0 Å². The van der Waals surface area contributed by atoms with E-state index in [-0.39, 0.29) is 143 Å². The summed E-state index contributed by atoms with van der Waals surface area (Å²) in [4.78, 5) is 0. The Morgan fingerprint density at radius 2 is 0.597 bits per heavy atom. The van der Waals surface area contributed by atoms with Crippen LogP contribution in [0.15, 0.2) is 0 Å². The number of unbranched alkanes of at least 4 members (excludes halogenated alkanes) is 6. The normalized spacial score (nSPS) is 17.6. The molecule has 0 fully saturated rings. The van der Waals surface area contributed by atoms with E-state index in [2.05, 4.69) is 0 Å². The van der Waals surface area contributed by atoms with Crippen molar-refractivity contribution in [3.8, 4) is 0 Å². The minimum atomic E-state index is -3.97. The Morgan fingerprint density at radius 1 is 0.319 bits per heavy atom. The quantitative estimate of drug-likeness (QED) is 0.0423. The molecular formula is C43H94O23P6. The molecule has 0 aromatic heterocycles. The van der Waals surface area contributed by atoms with Gasteiger partial charge in [-0.3, -0.25) is 36.4 Å². The Balaban J connectivity index is 5.58. The summed E-state index contributed by atoms with van der Waals surface area (Å²) in [6.45, 7) is 11.8. The Hall–Kier alpha value is 0.700. The van der Waals surface area contributed by atoms with Crippen LogP contribution in [0.25, 0.3) is 0 Å². The number of hydrogen-bond acceptors (Lipinski definition) is 23. The smallest absolute Gasteiger partial charge is 0.396 e. The first kappa shape index (κ1) is 72.7. The van der Waals surface area contributed by atoms with Crippen LogP contribution >= 0.6 is 45.8 Å². The zero-order chi connectivity index (χ0) is 53.9. The van der Waals surface area contributed by atoms with Crippen LogP contribution in [0.4, 0.5) is 0 Å². The van der Waals surface area contributed by atoms with Gasteiger partial charge in [-0.2, -0.15) is 0 Å². The highest BCUT2D eigenvalue weighted by Crippen LogP contribution is 2.56. The highest BCUT2D eigenvalue weighted by atomic mass is 31.2. The van der Waals surface area contributed by atoms with Crippen LogP contribution in [0, 0.1) is 0 Å². The van der Waals surface area contributed by atoms with Crippen molar-refractivity contribution in [3.05, 3.63) is 0 Å². The molecule has 7 unspecified atom stereocenters. The molecule has 0 amide bonds. The summed E-state index contributed by atoms with van der Waals surface area (Å²) in [7, 11) is -23.1. The third-order valence-electron chi connectivity index (χ3n) is 9.61. The standard InChI is InChI=1S/C43H94O23P6/c1-8-14-22-54-67(46,37-21-45)60-33-39-69(48,56-24-16-10-3)62-35-41-71(50,58-26-18-12-5)63-36-40-70(49,57-25-17-11-4)61-34-38-68(47,55-23-15-9-2)59-31-29-52-42-43(7)53-30-32-66-72(51,65-28-20-44)64-27-19-13-6/h43-45H,8-42H2,1-7H3. The van der Waals surface area contributed by atoms with E-state index in [1.807, 2.05) is 41.5 Å². The molecule has 0 saturated heterocycles. The van der Waals surface area contributed by atoms with Crippen LogP contribution in [-0.4, -0.2) is 166 Å². The molecule has 0 aliphatic carbocycles. The number of ether oxygens (including phenoxy) is 2. The Labute approximate surface area is 431 Å². The lowest BCUT2D eigenvalue weighted by Crippen LogP contribution is -2.20. The largest absolute Gasteiger partial charge is 0.474 e. The van der Waals surface area contributed by atoms with Crippen LogP contribution in [0.2, 0.25) is 0 Å². The SMILES string of the molecule is CCCCOP(=O)(CCO)OCCP(=O)(OCCCC)OCCP(=O)(OCCCC)OCCP(=O)(OCCCC)OCCP(=O)(OCCCC)OCCOCC(C)OCCOP(=O)(OCCO)OCCCC. The summed E-state index contributed by atoms with van der Waals surface area (Å²) < 4.78 is 166. The average Bonchev–Trinajstić information content (AvgIpc) is 3.33. The van der Waals surface area contributed by atoms with E-state index in [0.29, 0.717) is 38.5 Å². The van der Waals surface area contributed by atoms with Gasteiger partial charge in [0.1, 0.15) is 0 Å². The molecule has 0 radical (unpaired) electrons. The van der Waals surface area contributed by atoms with E-state index in [9.17, 15) is 32.5 Å². The van der Waals surface area contributed by atoms with E-state index < -0.39 is 58.5 Å². The van der Waals surface area contributed by atoms with Gasteiger partial charge in [-0.25, -0.2) is 4.57 Å². The highest BCUT2D eigenvalue weighted by molar-refractivity contribution is 7.56. The summed E-state index contributed by atoms with van der Waals surface area (Å²) in [5.41, 5.74) is 0. The number of hydrogen-bond donors (Lipinski definition) is 2. The van der Waals surface area contributed by atoms with E-state index in [1.165, 1.54) is 0 Å². The zero-order valence-corrected chi connectivity index (χ0v) is 49.8. The molecule has 2 N–H and O–H groups in total. The summed E-state index contributed by atoms with van der Waals surface area (Å²) >= 11 is 0. The van der Waals surface area contributed by atoms with Crippen LogP contribution < -0.4 is 0 Å². The van der Waals surface area contributed by atoms with E-state index >= 15 is 0 Å². The first-order chi connectivity index (χ1) is 34.4.